The summed E-state index contributed by atoms with van der Waals surface area (Å²) >= 11 is 0. The minimum Gasteiger partial charge on any atom is -0.465 e. The van der Waals surface area contributed by atoms with E-state index in [4.69, 9.17) is 0 Å². The molecular formula is C48H67N3O4. The van der Waals surface area contributed by atoms with Gasteiger partial charge in [0.05, 0.1) is 0 Å². The maximum absolute atomic E-state index is 13.1. The first kappa shape index (κ1) is 39.6. The summed E-state index contributed by atoms with van der Waals surface area (Å²) in [7, 11) is 0. The highest BCUT2D eigenvalue weighted by Gasteiger charge is 2.59. The Morgan fingerprint density at radius 2 is 1.56 bits per heavy atom. The number of hydrogen-bond donors (Lipinski definition) is 3. The number of nitrogens with one attached hydrogen (secondary N) is 2. The Morgan fingerprint density at radius 3 is 2.25 bits per heavy atom. The lowest BCUT2D eigenvalue weighted by molar-refractivity contribution is -0.123. The van der Waals surface area contributed by atoms with Gasteiger partial charge in [-0.2, -0.15) is 0 Å². The Bertz CT molecular complexity index is 1710. The van der Waals surface area contributed by atoms with Crippen molar-refractivity contribution in [2.45, 2.75) is 130 Å². The summed E-state index contributed by atoms with van der Waals surface area (Å²) < 4.78 is 0. The molecule has 3 unspecified atom stereocenters. The van der Waals surface area contributed by atoms with E-state index < -0.39 is 6.09 Å². The molecule has 7 nitrogen and oxygen atoms in total. The zero-order valence-corrected chi connectivity index (χ0v) is 34.2. The normalized spacial score (nSPS) is 29.9. The van der Waals surface area contributed by atoms with Gasteiger partial charge in [-0.3, -0.25) is 9.59 Å². The summed E-state index contributed by atoms with van der Waals surface area (Å²) in [5, 5.41) is 16.2. The van der Waals surface area contributed by atoms with E-state index in [-0.39, 0.29) is 61.7 Å². The minimum absolute atomic E-state index is 0.0261. The number of benzene rings is 2. The minimum atomic E-state index is -1.03. The number of amides is 3. The van der Waals surface area contributed by atoms with Gasteiger partial charge in [-0.25, -0.2) is 4.79 Å². The molecular weight excluding hydrogens is 683 g/mol. The fourth-order valence-corrected chi connectivity index (χ4v) is 12.7. The van der Waals surface area contributed by atoms with Crippen LogP contribution in [0.1, 0.15) is 135 Å². The molecule has 0 heterocycles. The fraction of sp³-hybridized carbons (Fsp3) is 0.646. The molecule has 3 N–H and O–H groups in total. The molecule has 2 aromatic rings. The number of hydrogen-bond acceptors (Lipinski definition) is 3. The molecule has 5 aliphatic rings. The van der Waals surface area contributed by atoms with Crippen molar-refractivity contribution in [3.63, 3.8) is 0 Å². The van der Waals surface area contributed by atoms with Gasteiger partial charge < -0.3 is 20.6 Å². The van der Waals surface area contributed by atoms with Crippen LogP contribution in [0.3, 0.4) is 0 Å². The van der Waals surface area contributed by atoms with Gasteiger partial charge in [0.15, 0.2) is 0 Å². The van der Waals surface area contributed by atoms with E-state index in [0.29, 0.717) is 5.41 Å². The number of carbonyl (C=O) groups is 3. The molecule has 0 saturated heterocycles. The molecule has 3 fully saturated rings. The van der Waals surface area contributed by atoms with Gasteiger partial charge in [0.1, 0.15) is 0 Å². The van der Waals surface area contributed by atoms with E-state index in [1.54, 1.807) is 5.57 Å². The van der Waals surface area contributed by atoms with E-state index >= 15 is 0 Å². The summed E-state index contributed by atoms with van der Waals surface area (Å²) in [5.41, 5.74) is 6.83. The highest BCUT2D eigenvalue weighted by Crippen LogP contribution is 2.67. The molecule has 0 aromatic heterocycles. The summed E-state index contributed by atoms with van der Waals surface area (Å²) in [6, 6.07) is 16.4. The maximum Gasteiger partial charge on any atom is 0.407 e. The number of carboxylic acid groups (broad SMARTS) is 1. The molecule has 3 amide bonds. The van der Waals surface area contributed by atoms with E-state index in [9.17, 15) is 19.5 Å². The van der Waals surface area contributed by atoms with Gasteiger partial charge >= 0.3 is 6.09 Å². The zero-order valence-electron chi connectivity index (χ0n) is 34.2. The van der Waals surface area contributed by atoms with E-state index in [1.807, 2.05) is 24.3 Å². The van der Waals surface area contributed by atoms with Crippen LogP contribution in [0.15, 0.2) is 60.2 Å². The van der Waals surface area contributed by atoms with Gasteiger partial charge in [0.2, 0.25) is 11.8 Å². The van der Waals surface area contributed by atoms with Gasteiger partial charge in [-0.1, -0.05) is 114 Å². The second-order valence-electron chi connectivity index (χ2n) is 19.1. The zero-order chi connectivity index (χ0) is 38.9. The molecule has 8 atom stereocenters. The summed E-state index contributed by atoms with van der Waals surface area (Å²) in [5.74, 6) is 4.57. The van der Waals surface area contributed by atoms with Crippen molar-refractivity contribution in [1.29, 1.82) is 0 Å². The quantitative estimate of drug-likeness (QED) is 0.168. The van der Waals surface area contributed by atoms with Gasteiger partial charge in [0, 0.05) is 44.4 Å². The van der Waals surface area contributed by atoms with Crippen molar-refractivity contribution in [2.75, 3.05) is 19.6 Å². The van der Waals surface area contributed by atoms with Crippen molar-refractivity contribution < 1.29 is 19.5 Å². The van der Waals surface area contributed by atoms with Crippen LogP contribution >= 0.6 is 0 Å². The van der Waals surface area contributed by atoms with Crippen LogP contribution in [-0.2, 0) is 9.59 Å². The average Bonchev–Trinajstić information content (AvgIpc) is 3.68. The van der Waals surface area contributed by atoms with Gasteiger partial charge in [-0.05, 0) is 120 Å². The van der Waals surface area contributed by atoms with E-state index in [2.05, 4.69) is 75.6 Å². The Balaban J connectivity index is 0.859. The first-order valence-electron chi connectivity index (χ1n) is 21.8. The molecule has 0 bridgehead atoms. The first-order chi connectivity index (χ1) is 26.4. The van der Waals surface area contributed by atoms with Gasteiger partial charge in [0.25, 0.3) is 0 Å². The third-order valence-corrected chi connectivity index (χ3v) is 15.6. The number of nitrogens with zero attached hydrogens (tertiary/aromatic N) is 1. The highest BCUT2D eigenvalue weighted by atomic mass is 16.4. The highest BCUT2D eigenvalue weighted by molar-refractivity contribution is 5.80. The second kappa shape index (κ2) is 16.5. The number of fused-ring (bicyclic) bond motifs is 8. The van der Waals surface area contributed by atoms with Crippen molar-refractivity contribution in [1.82, 2.24) is 15.5 Å². The average molecular weight is 750 g/mol. The van der Waals surface area contributed by atoms with Crippen molar-refractivity contribution in [2.24, 2.45) is 46.3 Å². The van der Waals surface area contributed by atoms with E-state index in [0.717, 1.165) is 77.0 Å². The third kappa shape index (κ3) is 8.01. The van der Waals surface area contributed by atoms with Crippen LogP contribution in [0, 0.1) is 46.3 Å². The predicted octanol–water partition coefficient (Wildman–Crippen LogP) is 10.2. The third-order valence-electron chi connectivity index (χ3n) is 15.6. The Labute approximate surface area is 330 Å². The molecule has 298 valence electrons. The molecule has 0 radical (unpaired) electrons. The van der Waals surface area contributed by atoms with Crippen LogP contribution in [0.2, 0.25) is 0 Å². The van der Waals surface area contributed by atoms with Crippen LogP contribution in [0.4, 0.5) is 4.79 Å². The Kier molecular flexibility index (Phi) is 11.9. The lowest BCUT2D eigenvalue weighted by Crippen LogP contribution is -2.52. The van der Waals surface area contributed by atoms with Crippen LogP contribution in [0.5, 0.6) is 0 Å². The molecule has 7 heteroatoms. The Hall–Kier alpha value is -3.61. The standard InChI is InChI=1S/C48H67N3O4/c1-31(2)11-10-12-32(3)41-19-20-42-39-18-17-33-29-34(21-25-47(33,4)43(39)22-26-48(41,42)5)50-45(53)23-27-49-44(52)24-28-51(46(54)55)30-40-37-15-8-6-13-35(37)36-14-7-9-16-38(36)40/h6-9,13-17,31-32,34,39-43H,10-12,18-30H2,1-5H3,(H,49,52)(H,50,53)(H,54,55)/t32-,34+,39?,41-,42?,43?,47+,48-/m1/s1. The first-order valence-corrected chi connectivity index (χ1v) is 21.8. The molecule has 3 saturated carbocycles. The molecule has 5 aliphatic carbocycles. The second-order valence-corrected chi connectivity index (χ2v) is 19.1. The molecule has 0 spiro atoms. The Morgan fingerprint density at radius 1 is 0.855 bits per heavy atom. The number of carbonyl (C=O) groups excluding carboxylic acids is 2. The summed E-state index contributed by atoms with van der Waals surface area (Å²) in [4.78, 5) is 39.5. The summed E-state index contributed by atoms with van der Waals surface area (Å²) in [6.07, 6.45) is 15.8. The van der Waals surface area contributed by atoms with Crippen LogP contribution in [0.25, 0.3) is 11.1 Å². The summed E-state index contributed by atoms with van der Waals surface area (Å²) in [6.45, 7) is 13.1. The maximum atomic E-state index is 13.1. The largest absolute Gasteiger partial charge is 0.465 e. The topological polar surface area (TPSA) is 98.7 Å². The lowest BCUT2D eigenvalue weighted by Gasteiger charge is -2.58. The van der Waals surface area contributed by atoms with E-state index in [1.165, 1.54) is 56.3 Å². The lowest BCUT2D eigenvalue weighted by atomic mass is 9.47. The number of allylic oxidation sites excluding steroid dienone is 1. The molecule has 0 aliphatic heterocycles. The smallest absolute Gasteiger partial charge is 0.407 e. The molecule has 2 aromatic carbocycles. The van der Waals surface area contributed by atoms with Crippen molar-refractivity contribution >= 4 is 17.9 Å². The predicted molar refractivity (Wildman–Crippen MR) is 221 cm³/mol. The molecule has 7 rings (SSSR count). The monoisotopic (exact) mass is 750 g/mol. The van der Waals surface area contributed by atoms with Crippen LogP contribution < -0.4 is 10.6 Å². The van der Waals surface area contributed by atoms with Gasteiger partial charge in [-0.15, -0.1) is 0 Å². The number of rotatable bonds is 14. The SMILES string of the molecule is CC(C)CCC[C@@H](C)[C@H]1CCC2C3CC=C4C[C@@H](NC(=O)CCNC(=O)CCN(CC5c6ccccc6-c6ccccc65)C(=O)O)CC[C@]4(C)C3CC[C@@]21C. The van der Waals surface area contributed by atoms with Crippen molar-refractivity contribution in [3.8, 4) is 11.1 Å². The fourth-order valence-electron chi connectivity index (χ4n) is 12.7. The van der Waals surface area contributed by atoms with Crippen LogP contribution in [-0.4, -0.2) is 53.6 Å². The van der Waals surface area contributed by atoms with Crippen molar-refractivity contribution in [3.05, 3.63) is 71.3 Å². The molecule has 55 heavy (non-hydrogen) atoms.